The lowest BCUT2D eigenvalue weighted by Crippen LogP contribution is -2.43. The van der Waals surface area contributed by atoms with Gasteiger partial charge in [0.2, 0.25) is 5.91 Å². The molecule has 0 atom stereocenters. The smallest absolute Gasteiger partial charge is 0.340 e. The molecule has 8 nitrogen and oxygen atoms in total. The average Bonchev–Trinajstić information content (AvgIpc) is 3.05. The van der Waals surface area contributed by atoms with Crippen molar-refractivity contribution in [2.45, 2.75) is 53.2 Å². The zero-order chi connectivity index (χ0) is 22.5. The Hall–Kier alpha value is -3.16. The molecule has 8 heteroatoms. The Balaban J connectivity index is 1.58. The van der Waals surface area contributed by atoms with Crippen molar-refractivity contribution in [1.29, 1.82) is 0 Å². The SMILES string of the molecule is Cc1[nH]c(C(=O)N2CCC(C(=O)NCc3cccnc3)CC2)c(C)c1C(=O)OC(C)C. The van der Waals surface area contributed by atoms with Gasteiger partial charge in [0.1, 0.15) is 5.69 Å². The third-order valence-electron chi connectivity index (χ3n) is 5.54. The molecule has 166 valence electrons. The molecule has 0 spiro atoms. The second kappa shape index (κ2) is 9.76. The van der Waals surface area contributed by atoms with Crippen molar-refractivity contribution in [2.24, 2.45) is 5.92 Å². The van der Waals surface area contributed by atoms with Gasteiger partial charge in [0.15, 0.2) is 0 Å². The summed E-state index contributed by atoms with van der Waals surface area (Å²) >= 11 is 0. The van der Waals surface area contributed by atoms with Crippen molar-refractivity contribution in [1.82, 2.24) is 20.2 Å². The predicted octanol–water partition coefficient (Wildman–Crippen LogP) is 2.76. The zero-order valence-corrected chi connectivity index (χ0v) is 18.5. The van der Waals surface area contributed by atoms with Crippen LogP contribution in [0.1, 0.15) is 64.4 Å². The quantitative estimate of drug-likeness (QED) is 0.691. The number of hydrogen-bond donors (Lipinski definition) is 2. The molecule has 2 aromatic rings. The molecule has 1 fully saturated rings. The normalized spacial score (nSPS) is 14.5. The third-order valence-corrected chi connectivity index (χ3v) is 5.54. The summed E-state index contributed by atoms with van der Waals surface area (Å²) in [7, 11) is 0. The summed E-state index contributed by atoms with van der Waals surface area (Å²) in [5.41, 5.74) is 3.00. The van der Waals surface area contributed by atoms with E-state index in [1.807, 2.05) is 12.1 Å². The van der Waals surface area contributed by atoms with E-state index in [0.717, 1.165) is 5.56 Å². The van der Waals surface area contributed by atoms with Crippen molar-refractivity contribution in [3.05, 3.63) is 52.6 Å². The van der Waals surface area contributed by atoms with Crippen molar-refractivity contribution in [3.63, 3.8) is 0 Å². The Bertz CT molecular complexity index is 944. The van der Waals surface area contributed by atoms with Crippen LogP contribution in [0, 0.1) is 19.8 Å². The molecule has 31 heavy (non-hydrogen) atoms. The fourth-order valence-electron chi connectivity index (χ4n) is 3.88. The molecule has 2 aromatic heterocycles. The Morgan fingerprint density at radius 3 is 2.58 bits per heavy atom. The van der Waals surface area contributed by atoms with Crippen LogP contribution in [0.25, 0.3) is 0 Å². The van der Waals surface area contributed by atoms with Gasteiger partial charge < -0.3 is 19.9 Å². The summed E-state index contributed by atoms with van der Waals surface area (Å²) in [6.45, 7) is 8.53. The number of esters is 1. The molecule has 0 aromatic carbocycles. The Morgan fingerprint density at radius 2 is 1.97 bits per heavy atom. The van der Waals surface area contributed by atoms with Gasteiger partial charge in [0.25, 0.3) is 5.91 Å². The van der Waals surface area contributed by atoms with Crippen LogP contribution in [-0.4, -0.2) is 51.8 Å². The number of carbonyl (C=O) groups excluding carboxylic acids is 3. The summed E-state index contributed by atoms with van der Waals surface area (Å²) < 4.78 is 5.30. The Kier molecular flexibility index (Phi) is 7.09. The number of aromatic nitrogens is 2. The monoisotopic (exact) mass is 426 g/mol. The minimum absolute atomic E-state index is 0.00145. The first-order valence-corrected chi connectivity index (χ1v) is 10.6. The van der Waals surface area contributed by atoms with E-state index in [1.54, 1.807) is 45.0 Å². The summed E-state index contributed by atoms with van der Waals surface area (Å²) in [5, 5.41) is 2.95. The highest BCUT2D eigenvalue weighted by molar-refractivity contribution is 6.00. The highest BCUT2D eigenvalue weighted by atomic mass is 16.5. The van der Waals surface area contributed by atoms with Crippen LogP contribution in [0.2, 0.25) is 0 Å². The van der Waals surface area contributed by atoms with Crippen molar-refractivity contribution in [3.8, 4) is 0 Å². The molecular formula is C23H30N4O4. The number of aryl methyl sites for hydroxylation is 1. The number of carbonyl (C=O) groups is 3. The summed E-state index contributed by atoms with van der Waals surface area (Å²) in [6.07, 6.45) is 4.40. The lowest BCUT2D eigenvalue weighted by molar-refractivity contribution is -0.126. The standard InChI is InChI=1S/C23H30N4O4/c1-14(2)31-23(30)19-15(3)20(26-16(19)4)22(29)27-10-7-18(8-11-27)21(28)25-13-17-6-5-9-24-12-17/h5-6,9,12,14,18,26H,7-8,10-11,13H2,1-4H3,(H,25,28). The lowest BCUT2D eigenvalue weighted by Gasteiger charge is -2.31. The van der Waals surface area contributed by atoms with Gasteiger partial charge in [-0.2, -0.15) is 0 Å². The first-order chi connectivity index (χ1) is 14.8. The topological polar surface area (TPSA) is 104 Å². The van der Waals surface area contributed by atoms with Gasteiger partial charge >= 0.3 is 5.97 Å². The first kappa shape index (κ1) is 22.5. The molecule has 2 N–H and O–H groups in total. The van der Waals surface area contributed by atoms with Gasteiger partial charge in [-0.25, -0.2) is 4.79 Å². The highest BCUT2D eigenvalue weighted by Crippen LogP contribution is 2.24. The number of piperidine rings is 1. The van der Waals surface area contributed by atoms with E-state index in [-0.39, 0.29) is 23.8 Å². The molecule has 2 amide bonds. The van der Waals surface area contributed by atoms with Crippen LogP contribution >= 0.6 is 0 Å². The van der Waals surface area contributed by atoms with Gasteiger partial charge in [-0.15, -0.1) is 0 Å². The van der Waals surface area contributed by atoms with Gasteiger partial charge in [0.05, 0.1) is 11.7 Å². The second-order valence-corrected chi connectivity index (χ2v) is 8.22. The van der Waals surface area contributed by atoms with Crippen molar-refractivity contribution in [2.75, 3.05) is 13.1 Å². The number of amides is 2. The molecule has 1 aliphatic heterocycles. The zero-order valence-electron chi connectivity index (χ0n) is 18.5. The number of nitrogens with zero attached hydrogens (tertiary/aromatic N) is 2. The number of likely N-dealkylation sites (tertiary alicyclic amines) is 1. The van der Waals surface area contributed by atoms with Crippen LogP contribution in [0.3, 0.4) is 0 Å². The molecule has 0 aliphatic carbocycles. The first-order valence-electron chi connectivity index (χ1n) is 10.6. The third kappa shape index (κ3) is 5.31. The van der Waals surface area contributed by atoms with E-state index in [1.165, 1.54) is 0 Å². The molecule has 3 rings (SSSR count). The molecule has 0 bridgehead atoms. The number of aromatic amines is 1. The van der Waals surface area contributed by atoms with Crippen LogP contribution in [0.5, 0.6) is 0 Å². The van der Waals surface area contributed by atoms with Gasteiger partial charge in [-0.1, -0.05) is 6.07 Å². The highest BCUT2D eigenvalue weighted by Gasteiger charge is 2.31. The molecule has 0 saturated carbocycles. The van der Waals surface area contributed by atoms with E-state index in [4.69, 9.17) is 4.74 Å². The maximum Gasteiger partial charge on any atom is 0.340 e. The van der Waals surface area contributed by atoms with E-state index < -0.39 is 5.97 Å². The van der Waals surface area contributed by atoms with Gasteiger partial charge in [-0.05, 0) is 57.7 Å². The van der Waals surface area contributed by atoms with Gasteiger partial charge in [0, 0.05) is 43.6 Å². The van der Waals surface area contributed by atoms with E-state index in [9.17, 15) is 14.4 Å². The fraction of sp³-hybridized carbons (Fsp3) is 0.478. The van der Waals surface area contributed by atoms with Crippen LogP contribution < -0.4 is 5.32 Å². The van der Waals surface area contributed by atoms with Crippen LogP contribution in [0.4, 0.5) is 0 Å². The summed E-state index contributed by atoms with van der Waals surface area (Å²) in [4.78, 5) is 46.8. The number of nitrogens with one attached hydrogen (secondary N) is 2. The molecule has 1 aliphatic rings. The predicted molar refractivity (Wildman–Crippen MR) is 116 cm³/mol. The van der Waals surface area contributed by atoms with E-state index >= 15 is 0 Å². The Morgan fingerprint density at radius 1 is 1.26 bits per heavy atom. The molecule has 0 unspecified atom stereocenters. The number of pyridine rings is 1. The summed E-state index contributed by atoms with van der Waals surface area (Å²) in [5.74, 6) is -0.701. The number of ether oxygens (including phenoxy) is 1. The second-order valence-electron chi connectivity index (χ2n) is 8.22. The van der Waals surface area contributed by atoms with Crippen LogP contribution in [0.15, 0.2) is 24.5 Å². The van der Waals surface area contributed by atoms with Crippen molar-refractivity contribution < 1.29 is 19.1 Å². The number of H-pyrrole nitrogens is 1. The molecular weight excluding hydrogens is 396 g/mol. The average molecular weight is 427 g/mol. The minimum Gasteiger partial charge on any atom is -0.459 e. The molecule has 1 saturated heterocycles. The minimum atomic E-state index is -0.427. The largest absolute Gasteiger partial charge is 0.459 e. The lowest BCUT2D eigenvalue weighted by atomic mass is 9.95. The van der Waals surface area contributed by atoms with E-state index in [0.29, 0.717) is 55.0 Å². The molecule has 0 radical (unpaired) electrons. The number of rotatable bonds is 6. The van der Waals surface area contributed by atoms with Gasteiger partial charge in [-0.3, -0.25) is 14.6 Å². The maximum absolute atomic E-state index is 13.1. The number of hydrogen-bond acceptors (Lipinski definition) is 5. The molecule has 3 heterocycles. The Labute approximate surface area is 182 Å². The maximum atomic E-state index is 13.1. The fourth-order valence-corrected chi connectivity index (χ4v) is 3.88. The van der Waals surface area contributed by atoms with Crippen LogP contribution in [-0.2, 0) is 16.1 Å². The van der Waals surface area contributed by atoms with Crippen molar-refractivity contribution >= 4 is 17.8 Å². The van der Waals surface area contributed by atoms with E-state index in [2.05, 4.69) is 15.3 Å². The summed E-state index contributed by atoms with van der Waals surface area (Å²) in [6, 6.07) is 3.75.